The van der Waals surface area contributed by atoms with Gasteiger partial charge < -0.3 is 19.8 Å². The minimum atomic E-state index is -0.450. The molecule has 0 fully saturated rings. The second kappa shape index (κ2) is 7.96. The van der Waals surface area contributed by atoms with Crippen LogP contribution in [0.1, 0.15) is 6.92 Å². The molecule has 4 rings (SSSR count). The molecule has 2 aromatic heterocycles. The molecule has 2 N–H and O–H groups in total. The Balaban J connectivity index is 1.52. The Bertz CT molecular complexity index is 1190. The Kier molecular flexibility index (Phi) is 5.22. The SMILES string of the molecule is COc1ccc(OC)c(NC(=O)C(C)Sc2nnc3c(n2)[nH]c2ccccc23)c1. The Morgan fingerprint density at radius 2 is 1.97 bits per heavy atom. The van der Waals surface area contributed by atoms with E-state index in [4.69, 9.17) is 9.47 Å². The molecule has 9 heteroatoms. The van der Waals surface area contributed by atoms with E-state index in [2.05, 4.69) is 25.5 Å². The van der Waals surface area contributed by atoms with E-state index in [0.717, 1.165) is 10.9 Å². The normalized spacial score (nSPS) is 12.1. The maximum atomic E-state index is 12.7. The van der Waals surface area contributed by atoms with Gasteiger partial charge in [-0.05, 0) is 25.1 Å². The van der Waals surface area contributed by atoms with Crippen molar-refractivity contribution in [3.05, 3.63) is 42.5 Å². The number of aromatic amines is 1. The van der Waals surface area contributed by atoms with Crippen LogP contribution in [0.4, 0.5) is 5.69 Å². The van der Waals surface area contributed by atoms with Crippen LogP contribution in [0.25, 0.3) is 22.1 Å². The minimum absolute atomic E-state index is 0.207. The van der Waals surface area contributed by atoms with Crippen LogP contribution in [0.2, 0.25) is 0 Å². The minimum Gasteiger partial charge on any atom is -0.497 e. The van der Waals surface area contributed by atoms with Crippen molar-refractivity contribution in [2.45, 2.75) is 17.3 Å². The lowest BCUT2D eigenvalue weighted by Crippen LogP contribution is -2.23. The van der Waals surface area contributed by atoms with Gasteiger partial charge in [0.15, 0.2) is 5.65 Å². The second-order valence-electron chi connectivity index (χ2n) is 6.28. The molecule has 4 aromatic rings. The second-order valence-corrected chi connectivity index (χ2v) is 7.59. The summed E-state index contributed by atoms with van der Waals surface area (Å²) in [6, 6.07) is 13.0. The van der Waals surface area contributed by atoms with Gasteiger partial charge in [-0.15, -0.1) is 10.2 Å². The highest BCUT2D eigenvalue weighted by molar-refractivity contribution is 8.00. The maximum absolute atomic E-state index is 12.7. The lowest BCUT2D eigenvalue weighted by atomic mass is 10.2. The molecule has 8 nitrogen and oxygen atoms in total. The molecule has 1 amide bonds. The van der Waals surface area contributed by atoms with E-state index < -0.39 is 5.25 Å². The number of thioether (sulfide) groups is 1. The van der Waals surface area contributed by atoms with Crippen LogP contribution in [-0.4, -0.2) is 45.5 Å². The first kappa shape index (κ1) is 19.0. The van der Waals surface area contributed by atoms with Gasteiger partial charge in [0, 0.05) is 17.0 Å². The molecule has 0 radical (unpaired) electrons. The number of fused-ring (bicyclic) bond motifs is 3. The van der Waals surface area contributed by atoms with Gasteiger partial charge in [0.25, 0.3) is 0 Å². The van der Waals surface area contributed by atoms with Gasteiger partial charge in [-0.1, -0.05) is 30.0 Å². The van der Waals surface area contributed by atoms with Crippen LogP contribution in [0.3, 0.4) is 0 Å². The van der Waals surface area contributed by atoms with E-state index in [0.29, 0.717) is 33.5 Å². The lowest BCUT2D eigenvalue weighted by molar-refractivity contribution is -0.115. The van der Waals surface area contributed by atoms with Crippen molar-refractivity contribution >= 4 is 45.4 Å². The fraction of sp³-hybridized carbons (Fsp3) is 0.200. The van der Waals surface area contributed by atoms with Crippen LogP contribution in [-0.2, 0) is 4.79 Å². The Morgan fingerprint density at radius 3 is 2.76 bits per heavy atom. The van der Waals surface area contributed by atoms with E-state index >= 15 is 0 Å². The molecule has 0 aliphatic carbocycles. The predicted octanol–water partition coefficient (Wildman–Crippen LogP) is 3.64. The number of hydrogen-bond donors (Lipinski definition) is 2. The third-order valence-electron chi connectivity index (χ3n) is 4.42. The quantitative estimate of drug-likeness (QED) is 0.469. The van der Waals surface area contributed by atoms with E-state index in [9.17, 15) is 4.79 Å². The first-order valence-electron chi connectivity index (χ1n) is 8.89. The van der Waals surface area contributed by atoms with E-state index in [1.54, 1.807) is 39.3 Å². The summed E-state index contributed by atoms with van der Waals surface area (Å²) >= 11 is 1.23. The maximum Gasteiger partial charge on any atom is 0.237 e. The molecule has 29 heavy (non-hydrogen) atoms. The third-order valence-corrected chi connectivity index (χ3v) is 5.37. The van der Waals surface area contributed by atoms with Crippen LogP contribution in [0.5, 0.6) is 11.5 Å². The largest absolute Gasteiger partial charge is 0.497 e. The van der Waals surface area contributed by atoms with Crippen molar-refractivity contribution in [1.29, 1.82) is 0 Å². The van der Waals surface area contributed by atoms with Crippen LogP contribution in [0.15, 0.2) is 47.6 Å². The van der Waals surface area contributed by atoms with Crippen LogP contribution in [0, 0.1) is 0 Å². The van der Waals surface area contributed by atoms with E-state index in [1.807, 2.05) is 24.3 Å². The van der Waals surface area contributed by atoms with Gasteiger partial charge in [-0.25, -0.2) is 4.98 Å². The van der Waals surface area contributed by atoms with Gasteiger partial charge in [0.1, 0.15) is 17.0 Å². The molecule has 0 aliphatic rings. The van der Waals surface area contributed by atoms with Crippen molar-refractivity contribution in [2.75, 3.05) is 19.5 Å². The lowest BCUT2D eigenvalue weighted by Gasteiger charge is -2.14. The van der Waals surface area contributed by atoms with Gasteiger partial charge in [-0.3, -0.25) is 4.79 Å². The highest BCUT2D eigenvalue weighted by Gasteiger charge is 2.19. The van der Waals surface area contributed by atoms with Crippen LogP contribution >= 0.6 is 11.8 Å². The summed E-state index contributed by atoms with van der Waals surface area (Å²) in [6.07, 6.45) is 0. The highest BCUT2D eigenvalue weighted by atomic mass is 32.2. The molecule has 0 saturated heterocycles. The number of nitrogens with one attached hydrogen (secondary N) is 2. The summed E-state index contributed by atoms with van der Waals surface area (Å²) in [5, 5.41) is 12.3. The van der Waals surface area contributed by atoms with E-state index in [1.165, 1.54) is 11.8 Å². The number of H-pyrrole nitrogens is 1. The number of anilines is 1. The summed E-state index contributed by atoms with van der Waals surface area (Å²) in [6.45, 7) is 1.78. The molecule has 1 atom stereocenters. The average Bonchev–Trinajstić information content (AvgIpc) is 3.11. The monoisotopic (exact) mass is 409 g/mol. The first-order chi connectivity index (χ1) is 14.1. The zero-order valence-electron chi connectivity index (χ0n) is 16.1. The topological polar surface area (TPSA) is 102 Å². The van der Waals surface area contributed by atoms with Crippen LogP contribution < -0.4 is 14.8 Å². The number of rotatable bonds is 6. The Labute approximate surface area is 171 Å². The molecule has 1 unspecified atom stereocenters. The average molecular weight is 409 g/mol. The van der Waals surface area contributed by atoms with Crippen molar-refractivity contribution < 1.29 is 14.3 Å². The molecule has 2 heterocycles. The van der Waals surface area contributed by atoms with Crippen molar-refractivity contribution in [3.8, 4) is 11.5 Å². The number of ether oxygens (including phenoxy) is 2. The van der Waals surface area contributed by atoms with Crippen molar-refractivity contribution in [3.63, 3.8) is 0 Å². The Morgan fingerprint density at radius 1 is 1.14 bits per heavy atom. The molecule has 148 valence electrons. The number of amides is 1. The molecule has 0 spiro atoms. The highest BCUT2D eigenvalue weighted by Crippen LogP contribution is 2.30. The molecule has 0 bridgehead atoms. The number of carbonyl (C=O) groups excluding carboxylic acids is 1. The molecule has 2 aromatic carbocycles. The zero-order chi connectivity index (χ0) is 20.4. The van der Waals surface area contributed by atoms with Gasteiger partial charge >= 0.3 is 0 Å². The molecule has 0 saturated carbocycles. The number of benzene rings is 2. The molecular weight excluding hydrogens is 390 g/mol. The molecular formula is C20H19N5O3S. The number of nitrogens with zero attached hydrogens (tertiary/aromatic N) is 3. The first-order valence-corrected chi connectivity index (χ1v) is 9.77. The van der Waals surface area contributed by atoms with Gasteiger partial charge in [0.05, 0.1) is 25.2 Å². The van der Waals surface area contributed by atoms with Gasteiger partial charge in [0.2, 0.25) is 11.1 Å². The molecule has 0 aliphatic heterocycles. The standard InChI is InChI=1S/C20H19N5O3S/c1-11(19(26)22-15-10-12(27-2)8-9-16(15)28-3)29-20-23-18-17(24-25-20)13-6-4-5-7-14(13)21-18/h4-11H,1-3H3,(H,22,26)(H,21,23,25). The zero-order valence-corrected chi connectivity index (χ0v) is 16.9. The van der Waals surface area contributed by atoms with Crippen molar-refractivity contribution in [2.24, 2.45) is 0 Å². The summed E-state index contributed by atoms with van der Waals surface area (Å²) in [4.78, 5) is 20.4. The fourth-order valence-corrected chi connectivity index (χ4v) is 3.63. The van der Waals surface area contributed by atoms with E-state index in [-0.39, 0.29) is 5.91 Å². The number of aromatic nitrogens is 4. The summed E-state index contributed by atoms with van der Waals surface area (Å²) in [7, 11) is 3.11. The number of hydrogen-bond acceptors (Lipinski definition) is 7. The summed E-state index contributed by atoms with van der Waals surface area (Å²) in [5.41, 5.74) is 2.84. The predicted molar refractivity (Wildman–Crippen MR) is 113 cm³/mol. The summed E-state index contributed by atoms with van der Waals surface area (Å²) in [5.74, 6) is 0.967. The smallest absolute Gasteiger partial charge is 0.237 e. The fourth-order valence-electron chi connectivity index (χ4n) is 2.91. The summed E-state index contributed by atoms with van der Waals surface area (Å²) < 4.78 is 10.5. The Hall–Kier alpha value is -3.33. The number of carbonyl (C=O) groups is 1. The van der Waals surface area contributed by atoms with Gasteiger partial charge in [-0.2, -0.15) is 0 Å². The van der Waals surface area contributed by atoms with Crippen molar-refractivity contribution in [1.82, 2.24) is 20.2 Å². The number of para-hydroxylation sites is 1. The number of methoxy groups -OCH3 is 2. The third kappa shape index (κ3) is 3.81.